The van der Waals surface area contributed by atoms with Gasteiger partial charge in [0.05, 0.1) is 44.2 Å². The smallest absolute Gasteiger partial charge is 0.191 e. The molecule has 146 valence electrons. The van der Waals surface area contributed by atoms with E-state index < -0.39 is 0 Å². The van der Waals surface area contributed by atoms with E-state index in [1.165, 1.54) is 18.5 Å². The fourth-order valence-corrected chi connectivity index (χ4v) is 5.13. The maximum atomic E-state index is 6.70. The predicted octanol–water partition coefficient (Wildman–Crippen LogP) is 3.42. The van der Waals surface area contributed by atoms with Crippen LogP contribution < -0.4 is 15.1 Å². The monoisotopic (exact) mass is 396 g/mol. The number of fused-ring (bicyclic) bond motifs is 4. The number of ether oxygens (including phenoxy) is 1. The van der Waals surface area contributed by atoms with E-state index in [0.29, 0.717) is 0 Å². The molecule has 0 amide bonds. The molecule has 5 heteroatoms. The van der Waals surface area contributed by atoms with Crippen LogP contribution in [0.15, 0.2) is 54.6 Å². The van der Waals surface area contributed by atoms with Gasteiger partial charge < -0.3 is 15.1 Å². The maximum Gasteiger partial charge on any atom is 0.191 e. The van der Waals surface area contributed by atoms with Crippen molar-refractivity contribution >= 4 is 17.3 Å². The van der Waals surface area contributed by atoms with Crippen molar-refractivity contribution < 1.29 is 9.64 Å². The largest absolute Gasteiger partial charge is 0.470 e. The van der Waals surface area contributed by atoms with Crippen LogP contribution >= 0.6 is 11.6 Å². The average Bonchev–Trinajstić information content (AvgIpc) is 3.17. The lowest BCUT2D eigenvalue weighted by molar-refractivity contribution is -0.908. The van der Waals surface area contributed by atoms with E-state index >= 15 is 0 Å². The van der Waals surface area contributed by atoms with Crippen LogP contribution in [0.4, 0.5) is 0 Å². The highest BCUT2D eigenvalue weighted by Crippen LogP contribution is 2.47. The van der Waals surface area contributed by atoms with Gasteiger partial charge in [0.2, 0.25) is 0 Å². The van der Waals surface area contributed by atoms with Crippen LogP contribution in [-0.2, 0) is 0 Å². The number of hydrazine groups is 1. The van der Waals surface area contributed by atoms with Gasteiger partial charge in [0.1, 0.15) is 5.75 Å². The summed E-state index contributed by atoms with van der Waals surface area (Å²) in [6.07, 6.45) is 5.57. The third-order valence-electron chi connectivity index (χ3n) is 6.33. The summed E-state index contributed by atoms with van der Waals surface area (Å²) in [7, 11) is 0. The second kappa shape index (κ2) is 7.11. The fourth-order valence-electron chi connectivity index (χ4n) is 4.90. The molecule has 0 radical (unpaired) electrons. The number of hydrogen-bond acceptors (Lipinski definition) is 3. The molecule has 4 nitrogen and oxygen atoms in total. The maximum absolute atomic E-state index is 6.70. The number of rotatable bonds is 3. The number of likely N-dealkylation sites (tertiary alicyclic amines) is 1. The third-order valence-corrected chi connectivity index (χ3v) is 6.66. The summed E-state index contributed by atoms with van der Waals surface area (Å²) in [6, 6.07) is 16.6. The van der Waals surface area contributed by atoms with Crippen molar-refractivity contribution in [1.29, 1.82) is 0 Å². The first kappa shape index (κ1) is 18.0. The zero-order chi connectivity index (χ0) is 19.1. The Labute approximate surface area is 171 Å². The average molecular weight is 397 g/mol. The highest BCUT2D eigenvalue weighted by atomic mass is 35.5. The normalized spacial score (nSPS) is 28.9. The van der Waals surface area contributed by atoms with Crippen molar-refractivity contribution in [2.45, 2.75) is 38.0 Å². The number of halogens is 1. The predicted molar refractivity (Wildman–Crippen MR) is 112 cm³/mol. The molecule has 3 heterocycles. The zero-order valence-corrected chi connectivity index (χ0v) is 17.0. The Bertz CT molecular complexity index is 904. The van der Waals surface area contributed by atoms with Crippen LogP contribution in [0.1, 0.15) is 43.4 Å². The van der Waals surface area contributed by atoms with Gasteiger partial charge in [-0.25, -0.2) is 0 Å². The van der Waals surface area contributed by atoms with E-state index in [-0.39, 0.29) is 11.8 Å². The summed E-state index contributed by atoms with van der Waals surface area (Å²) in [4.78, 5) is 1.69. The third kappa shape index (κ3) is 2.91. The second-order valence-electron chi connectivity index (χ2n) is 8.07. The molecule has 3 aliphatic rings. The zero-order valence-electron chi connectivity index (χ0n) is 16.2. The van der Waals surface area contributed by atoms with Gasteiger partial charge in [-0.1, -0.05) is 54.9 Å². The van der Waals surface area contributed by atoms with E-state index in [9.17, 15) is 0 Å². The van der Waals surface area contributed by atoms with Crippen molar-refractivity contribution in [2.75, 3.05) is 19.6 Å². The SMILES string of the molecule is CCC[NH+]1CCC2(CC1)Oc1ccccc1[C@@H]1C=C(c3ccccc3Cl)NN12. The fraction of sp³-hybridized carbons (Fsp3) is 0.391. The minimum Gasteiger partial charge on any atom is -0.470 e. The van der Waals surface area contributed by atoms with E-state index in [2.05, 4.69) is 53.8 Å². The van der Waals surface area contributed by atoms with Gasteiger partial charge in [-0.3, -0.25) is 0 Å². The first-order chi connectivity index (χ1) is 13.7. The van der Waals surface area contributed by atoms with Crippen LogP contribution in [0.5, 0.6) is 5.75 Å². The molecule has 2 N–H and O–H groups in total. The van der Waals surface area contributed by atoms with E-state index in [0.717, 1.165) is 48.0 Å². The molecule has 1 spiro atoms. The van der Waals surface area contributed by atoms with E-state index in [4.69, 9.17) is 16.3 Å². The minimum atomic E-state index is -0.310. The molecule has 0 unspecified atom stereocenters. The summed E-state index contributed by atoms with van der Waals surface area (Å²) in [5.74, 6) is 1.01. The Hall–Kier alpha value is -2.01. The van der Waals surface area contributed by atoms with E-state index in [1.807, 2.05) is 18.2 Å². The van der Waals surface area contributed by atoms with Crippen LogP contribution in [0.25, 0.3) is 5.70 Å². The van der Waals surface area contributed by atoms with Crippen molar-refractivity contribution in [3.8, 4) is 5.75 Å². The summed E-state index contributed by atoms with van der Waals surface area (Å²) in [5.41, 5.74) is 6.69. The van der Waals surface area contributed by atoms with Gasteiger partial charge >= 0.3 is 0 Å². The Balaban J connectivity index is 1.52. The summed E-state index contributed by atoms with van der Waals surface area (Å²) in [6.45, 7) is 5.79. The highest BCUT2D eigenvalue weighted by molar-refractivity contribution is 6.32. The summed E-state index contributed by atoms with van der Waals surface area (Å²) in [5, 5.41) is 3.11. The first-order valence-corrected chi connectivity index (χ1v) is 10.7. The highest BCUT2D eigenvalue weighted by Gasteiger charge is 2.52. The Morgan fingerprint density at radius 2 is 1.89 bits per heavy atom. The number of benzene rings is 2. The number of quaternary nitrogens is 1. The molecule has 28 heavy (non-hydrogen) atoms. The van der Waals surface area contributed by atoms with Crippen LogP contribution in [0.2, 0.25) is 5.02 Å². The molecule has 5 rings (SSSR count). The molecule has 1 atom stereocenters. The minimum absolute atomic E-state index is 0.156. The van der Waals surface area contributed by atoms with Crippen LogP contribution in [-0.4, -0.2) is 30.4 Å². The molecular weight excluding hydrogens is 370 g/mol. The van der Waals surface area contributed by atoms with Crippen LogP contribution in [0.3, 0.4) is 0 Å². The lowest BCUT2D eigenvalue weighted by atomic mass is 9.92. The lowest BCUT2D eigenvalue weighted by Crippen LogP contribution is -3.14. The van der Waals surface area contributed by atoms with Crippen molar-refractivity contribution in [3.63, 3.8) is 0 Å². The van der Waals surface area contributed by atoms with Gasteiger partial charge in [0, 0.05) is 16.1 Å². The van der Waals surface area contributed by atoms with Gasteiger partial charge in [-0.05, 0) is 24.6 Å². The number of piperidine rings is 1. The topological polar surface area (TPSA) is 28.9 Å². The molecule has 2 aromatic rings. The second-order valence-corrected chi connectivity index (χ2v) is 8.48. The Kier molecular flexibility index (Phi) is 4.58. The molecule has 2 aromatic carbocycles. The van der Waals surface area contributed by atoms with Gasteiger partial charge in [0.15, 0.2) is 5.72 Å². The number of para-hydroxylation sites is 1. The van der Waals surface area contributed by atoms with Crippen molar-refractivity contribution in [2.24, 2.45) is 0 Å². The molecule has 0 saturated carbocycles. The molecule has 0 aromatic heterocycles. The van der Waals surface area contributed by atoms with Crippen LogP contribution in [0, 0.1) is 0 Å². The Morgan fingerprint density at radius 3 is 2.68 bits per heavy atom. The van der Waals surface area contributed by atoms with Crippen molar-refractivity contribution in [3.05, 3.63) is 70.8 Å². The molecular formula is C23H27ClN3O+. The van der Waals surface area contributed by atoms with Crippen molar-refractivity contribution in [1.82, 2.24) is 10.4 Å². The van der Waals surface area contributed by atoms with Gasteiger partial charge in [-0.2, -0.15) is 5.01 Å². The summed E-state index contributed by atoms with van der Waals surface area (Å²) >= 11 is 6.50. The number of nitrogens with zero attached hydrogens (tertiary/aromatic N) is 1. The quantitative estimate of drug-likeness (QED) is 0.832. The summed E-state index contributed by atoms with van der Waals surface area (Å²) < 4.78 is 6.70. The molecule has 3 aliphatic heterocycles. The van der Waals surface area contributed by atoms with Gasteiger partial charge in [0.25, 0.3) is 0 Å². The molecule has 0 aliphatic carbocycles. The number of nitrogens with one attached hydrogen (secondary N) is 2. The Morgan fingerprint density at radius 1 is 1.14 bits per heavy atom. The molecule has 0 bridgehead atoms. The lowest BCUT2D eigenvalue weighted by Gasteiger charge is -2.50. The number of hydrogen-bond donors (Lipinski definition) is 2. The van der Waals surface area contributed by atoms with E-state index in [1.54, 1.807) is 4.90 Å². The molecule has 1 fully saturated rings. The molecule has 1 saturated heterocycles. The standard InChI is InChI=1S/C23H26ClN3O/c1-2-13-26-14-11-23(12-15-26)27-21(18-8-4-6-10-22(18)28-23)16-20(25-27)17-7-3-5-9-19(17)24/h3-10,16,21,25H,2,11-15H2,1H3/p+1/t21-/m0/s1. The first-order valence-electron chi connectivity index (χ1n) is 10.3. The van der Waals surface area contributed by atoms with Gasteiger partial charge in [-0.15, -0.1) is 0 Å².